The number of hydrogen-bond acceptors (Lipinski definition) is 2. The van der Waals surface area contributed by atoms with E-state index in [4.69, 9.17) is 11.6 Å². The fourth-order valence-electron chi connectivity index (χ4n) is 1.95. The molecule has 0 bridgehead atoms. The molecule has 1 aromatic heterocycles. The summed E-state index contributed by atoms with van der Waals surface area (Å²) >= 11 is 6.07. The second kappa shape index (κ2) is 5.70. The van der Waals surface area contributed by atoms with Gasteiger partial charge in [-0.05, 0) is 42.5 Å². The van der Waals surface area contributed by atoms with Gasteiger partial charge in [0, 0.05) is 12.1 Å². The van der Waals surface area contributed by atoms with E-state index in [-0.39, 0.29) is 0 Å². The van der Waals surface area contributed by atoms with E-state index in [1.54, 1.807) is 0 Å². The minimum absolute atomic E-state index is 0.360. The van der Waals surface area contributed by atoms with Crippen LogP contribution < -0.4 is 0 Å². The van der Waals surface area contributed by atoms with Crippen molar-refractivity contribution in [3.8, 4) is 0 Å². The second-order valence-corrected chi connectivity index (χ2v) is 5.67. The van der Waals surface area contributed by atoms with Crippen LogP contribution in [0.1, 0.15) is 48.0 Å². The van der Waals surface area contributed by atoms with Crippen molar-refractivity contribution in [1.82, 2.24) is 9.97 Å². The lowest BCUT2D eigenvalue weighted by molar-refractivity contribution is 0.791. The standard InChI is InChI=1S/C16H19ClN2/c1-10(2)14-9-15(17)19-16(18-14)8-13-6-5-11(3)12(4)7-13/h5-7,9-10H,8H2,1-4H3. The zero-order valence-corrected chi connectivity index (χ0v) is 12.6. The lowest BCUT2D eigenvalue weighted by Crippen LogP contribution is -2.02. The zero-order chi connectivity index (χ0) is 14.0. The first kappa shape index (κ1) is 14.0. The molecule has 0 aliphatic heterocycles. The van der Waals surface area contributed by atoms with Crippen LogP contribution in [0.3, 0.4) is 0 Å². The SMILES string of the molecule is Cc1ccc(Cc2nc(Cl)cc(C(C)C)n2)cc1C. The molecule has 19 heavy (non-hydrogen) atoms. The Hall–Kier alpha value is -1.41. The van der Waals surface area contributed by atoms with Crippen molar-refractivity contribution in [2.24, 2.45) is 0 Å². The molecule has 100 valence electrons. The normalized spacial score (nSPS) is 11.1. The number of halogens is 1. The Labute approximate surface area is 119 Å². The summed E-state index contributed by atoms with van der Waals surface area (Å²) in [5, 5.41) is 0.525. The smallest absolute Gasteiger partial charge is 0.134 e. The van der Waals surface area contributed by atoms with Crippen molar-refractivity contribution in [1.29, 1.82) is 0 Å². The predicted octanol–water partition coefficient (Wildman–Crippen LogP) is 4.46. The highest BCUT2D eigenvalue weighted by atomic mass is 35.5. The van der Waals surface area contributed by atoms with Crippen LogP contribution in [0.25, 0.3) is 0 Å². The molecule has 2 rings (SSSR count). The van der Waals surface area contributed by atoms with Crippen LogP contribution in [-0.4, -0.2) is 9.97 Å². The number of nitrogens with zero attached hydrogens (tertiary/aromatic N) is 2. The van der Waals surface area contributed by atoms with Crippen LogP contribution in [0.5, 0.6) is 0 Å². The zero-order valence-electron chi connectivity index (χ0n) is 11.9. The number of rotatable bonds is 3. The van der Waals surface area contributed by atoms with Crippen LogP contribution in [-0.2, 0) is 6.42 Å². The monoisotopic (exact) mass is 274 g/mol. The van der Waals surface area contributed by atoms with Gasteiger partial charge < -0.3 is 0 Å². The molecular formula is C16H19ClN2. The molecule has 0 amide bonds. The molecule has 0 saturated carbocycles. The third-order valence-electron chi connectivity index (χ3n) is 3.29. The Kier molecular flexibility index (Phi) is 4.20. The van der Waals surface area contributed by atoms with Gasteiger partial charge in [0.15, 0.2) is 0 Å². The lowest BCUT2D eigenvalue weighted by atomic mass is 10.0. The maximum Gasteiger partial charge on any atom is 0.134 e. The van der Waals surface area contributed by atoms with Crippen molar-refractivity contribution < 1.29 is 0 Å². The second-order valence-electron chi connectivity index (χ2n) is 5.28. The number of aryl methyl sites for hydroxylation is 2. The maximum atomic E-state index is 6.07. The number of benzene rings is 1. The van der Waals surface area contributed by atoms with E-state index in [1.165, 1.54) is 16.7 Å². The highest BCUT2D eigenvalue weighted by Gasteiger charge is 2.08. The summed E-state index contributed by atoms with van der Waals surface area (Å²) in [5.41, 5.74) is 4.82. The molecular weight excluding hydrogens is 256 g/mol. The third-order valence-corrected chi connectivity index (χ3v) is 3.48. The van der Waals surface area contributed by atoms with Gasteiger partial charge in [0.1, 0.15) is 11.0 Å². The minimum Gasteiger partial charge on any atom is -0.237 e. The number of aromatic nitrogens is 2. The summed E-state index contributed by atoms with van der Waals surface area (Å²) in [5.74, 6) is 1.15. The summed E-state index contributed by atoms with van der Waals surface area (Å²) < 4.78 is 0. The van der Waals surface area contributed by atoms with Gasteiger partial charge in [0.05, 0.1) is 0 Å². The van der Waals surface area contributed by atoms with Crippen LogP contribution >= 0.6 is 11.6 Å². The van der Waals surface area contributed by atoms with E-state index < -0.39 is 0 Å². The summed E-state index contributed by atoms with van der Waals surface area (Å²) in [7, 11) is 0. The van der Waals surface area contributed by atoms with Crippen LogP contribution in [0.2, 0.25) is 5.15 Å². The molecule has 0 aliphatic rings. The van der Waals surface area contributed by atoms with Crippen molar-refractivity contribution >= 4 is 11.6 Å². The molecule has 0 saturated heterocycles. The minimum atomic E-state index is 0.360. The molecule has 3 heteroatoms. The molecule has 1 heterocycles. The van der Waals surface area contributed by atoms with Crippen LogP contribution in [0, 0.1) is 13.8 Å². The van der Waals surface area contributed by atoms with E-state index in [2.05, 4.69) is 55.9 Å². The van der Waals surface area contributed by atoms with Crippen molar-refractivity contribution in [3.05, 3.63) is 57.6 Å². The average molecular weight is 275 g/mol. The Morgan fingerprint density at radius 3 is 2.42 bits per heavy atom. The summed E-state index contributed by atoms with van der Waals surface area (Å²) in [6.45, 7) is 8.46. The molecule has 0 fully saturated rings. The summed E-state index contributed by atoms with van der Waals surface area (Å²) in [4.78, 5) is 8.90. The van der Waals surface area contributed by atoms with Crippen molar-refractivity contribution in [2.75, 3.05) is 0 Å². The highest BCUT2D eigenvalue weighted by molar-refractivity contribution is 6.29. The Bertz CT molecular complexity index is 591. The molecule has 0 spiro atoms. The van der Waals surface area contributed by atoms with Crippen LogP contribution in [0.15, 0.2) is 24.3 Å². The molecule has 2 aromatic rings. The quantitative estimate of drug-likeness (QED) is 0.772. The first-order chi connectivity index (χ1) is 8.95. The number of hydrogen-bond donors (Lipinski definition) is 0. The van der Waals surface area contributed by atoms with Gasteiger partial charge in [0.2, 0.25) is 0 Å². The molecule has 2 nitrogen and oxygen atoms in total. The van der Waals surface area contributed by atoms with E-state index >= 15 is 0 Å². The van der Waals surface area contributed by atoms with Crippen molar-refractivity contribution in [3.63, 3.8) is 0 Å². The molecule has 1 aromatic carbocycles. The van der Waals surface area contributed by atoms with Crippen LogP contribution in [0.4, 0.5) is 0 Å². The van der Waals surface area contributed by atoms with Gasteiger partial charge in [-0.3, -0.25) is 0 Å². The predicted molar refractivity (Wildman–Crippen MR) is 79.9 cm³/mol. The summed E-state index contributed by atoms with van der Waals surface area (Å²) in [6, 6.07) is 8.30. The highest BCUT2D eigenvalue weighted by Crippen LogP contribution is 2.18. The van der Waals surface area contributed by atoms with Gasteiger partial charge in [-0.25, -0.2) is 9.97 Å². The Morgan fingerprint density at radius 1 is 1.05 bits per heavy atom. The van der Waals surface area contributed by atoms with Gasteiger partial charge in [-0.15, -0.1) is 0 Å². The van der Waals surface area contributed by atoms with E-state index in [9.17, 15) is 0 Å². The average Bonchev–Trinajstić information content (AvgIpc) is 2.33. The Balaban J connectivity index is 2.29. The molecule has 0 unspecified atom stereocenters. The first-order valence-electron chi connectivity index (χ1n) is 6.55. The van der Waals surface area contributed by atoms with Gasteiger partial charge in [-0.2, -0.15) is 0 Å². The fourth-order valence-corrected chi connectivity index (χ4v) is 2.16. The fraction of sp³-hybridized carbons (Fsp3) is 0.375. The first-order valence-corrected chi connectivity index (χ1v) is 6.93. The van der Waals surface area contributed by atoms with E-state index in [0.717, 1.165) is 17.9 Å². The molecule has 0 radical (unpaired) electrons. The maximum absolute atomic E-state index is 6.07. The molecule has 0 atom stereocenters. The topological polar surface area (TPSA) is 25.8 Å². The van der Waals surface area contributed by atoms with Gasteiger partial charge in [-0.1, -0.05) is 43.6 Å². The van der Waals surface area contributed by atoms with Crippen molar-refractivity contribution in [2.45, 2.75) is 40.0 Å². The largest absolute Gasteiger partial charge is 0.237 e. The van der Waals surface area contributed by atoms with Gasteiger partial charge in [0.25, 0.3) is 0 Å². The summed E-state index contributed by atoms with van der Waals surface area (Å²) in [6.07, 6.45) is 0.724. The Morgan fingerprint density at radius 2 is 1.79 bits per heavy atom. The van der Waals surface area contributed by atoms with Gasteiger partial charge >= 0.3 is 0 Å². The molecule has 0 aliphatic carbocycles. The lowest BCUT2D eigenvalue weighted by Gasteiger charge is -2.09. The van der Waals surface area contributed by atoms with E-state index in [1.807, 2.05) is 6.07 Å². The molecule has 0 N–H and O–H groups in total. The van der Waals surface area contributed by atoms with E-state index in [0.29, 0.717) is 11.1 Å². The third kappa shape index (κ3) is 3.54.